The van der Waals surface area contributed by atoms with Crippen LogP contribution in [0.1, 0.15) is 37.9 Å². The van der Waals surface area contributed by atoms with Crippen LogP contribution in [0.4, 0.5) is 0 Å². The van der Waals surface area contributed by atoms with Crippen LogP contribution in [0.15, 0.2) is 18.2 Å². The molecule has 1 saturated carbocycles. The molecule has 0 radical (unpaired) electrons. The molecule has 0 amide bonds. The van der Waals surface area contributed by atoms with Gasteiger partial charge in [0.05, 0.1) is 6.10 Å². The van der Waals surface area contributed by atoms with Crippen LogP contribution in [0.2, 0.25) is 5.02 Å². The number of fused-ring (bicyclic) bond motifs is 1. The van der Waals surface area contributed by atoms with Gasteiger partial charge in [0.15, 0.2) is 0 Å². The molecule has 1 N–H and O–H groups in total. The van der Waals surface area contributed by atoms with Crippen molar-refractivity contribution in [3.8, 4) is 5.75 Å². The molecule has 0 spiro atoms. The van der Waals surface area contributed by atoms with Crippen molar-refractivity contribution >= 4 is 11.6 Å². The minimum Gasteiger partial charge on any atom is -0.487 e. The molecule has 1 aromatic rings. The van der Waals surface area contributed by atoms with Crippen LogP contribution in [0, 0.1) is 5.92 Å². The Morgan fingerprint density at radius 1 is 1.44 bits per heavy atom. The first-order valence-corrected chi connectivity index (χ1v) is 6.13. The Kier molecular flexibility index (Phi) is 2.20. The number of aliphatic hydroxyl groups is 1. The summed E-state index contributed by atoms with van der Waals surface area (Å²) in [5.41, 5.74) is 0.630. The van der Waals surface area contributed by atoms with E-state index >= 15 is 0 Å². The van der Waals surface area contributed by atoms with E-state index in [4.69, 9.17) is 16.3 Å². The average Bonchev–Trinajstić information content (AvgIpc) is 3.03. The van der Waals surface area contributed by atoms with Gasteiger partial charge in [0, 0.05) is 17.0 Å². The zero-order valence-electron chi connectivity index (χ0n) is 9.24. The van der Waals surface area contributed by atoms with Gasteiger partial charge in [0.2, 0.25) is 0 Å². The highest BCUT2D eigenvalue weighted by atomic mass is 35.5. The number of halogens is 1. The van der Waals surface area contributed by atoms with Crippen LogP contribution in [0.3, 0.4) is 0 Å². The minimum absolute atomic E-state index is 0.194. The van der Waals surface area contributed by atoms with Crippen LogP contribution in [-0.2, 0) is 0 Å². The second kappa shape index (κ2) is 3.38. The third kappa shape index (κ3) is 1.61. The molecule has 3 heteroatoms. The van der Waals surface area contributed by atoms with Gasteiger partial charge in [-0.2, -0.15) is 0 Å². The second-order valence-electron chi connectivity index (χ2n) is 5.09. The number of hydrogen-bond donors (Lipinski definition) is 1. The van der Waals surface area contributed by atoms with Crippen molar-refractivity contribution in [2.75, 3.05) is 0 Å². The molecule has 1 aliphatic carbocycles. The van der Waals surface area contributed by atoms with E-state index in [2.05, 4.69) is 6.92 Å². The summed E-state index contributed by atoms with van der Waals surface area (Å²) < 4.78 is 6.05. The average molecular weight is 239 g/mol. The number of benzene rings is 1. The first-order valence-electron chi connectivity index (χ1n) is 5.75. The normalized spacial score (nSPS) is 33.1. The Hall–Kier alpha value is -0.730. The van der Waals surface area contributed by atoms with E-state index < -0.39 is 6.10 Å². The van der Waals surface area contributed by atoms with Gasteiger partial charge in [0.25, 0.3) is 0 Å². The predicted octanol–water partition coefficient (Wildman–Crippen LogP) is 3.32. The van der Waals surface area contributed by atoms with E-state index in [1.54, 1.807) is 6.07 Å². The molecule has 0 saturated heterocycles. The summed E-state index contributed by atoms with van der Waals surface area (Å²) in [6.07, 6.45) is 2.65. The van der Waals surface area contributed by atoms with Crippen LogP contribution in [0.25, 0.3) is 0 Å². The highest BCUT2D eigenvalue weighted by Crippen LogP contribution is 2.50. The van der Waals surface area contributed by atoms with Crippen molar-refractivity contribution in [1.29, 1.82) is 0 Å². The maximum atomic E-state index is 10.2. The molecular formula is C13H15ClO2. The zero-order chi connectivity index (χ0) is 11.3. The van der Waals surface area contributed by atoms with Crippen molar-refractivity contribution in [3.63, 3.8) is 0 Å². The highest BCUT2D eigenvalue weighted by molar-refractivity contribution is 6.30. The summed E-state index contributed by atoms with van der Waals surface area (Å²) in [6, 6.07) is 5.47. The molecule has 2 atom stereocenters. The molecule has 1 heterocycles. The monoisotopic (exact) mass is 238 g/mol. The lowest BCUT2D eigenvalue weighted by molar-refractivity contribution is -0.0166. The molecule has 2 aliphatic rings. The summed E-state index contributed by atoms with van der Waals surface area (Å²) in [4.78, 5) is 0. The largest absolute Gasteiger partial charge is 0.487 e. The summed E-state index contributed by atoms with van der Waals surface area (Å²) in [7, 11) is 0. The van der Waals surface area contributed by atoms with Crippen LogP contribution >= 0.6 is 11.6 Å². The summed E-state index contributed by atoms with van der Waals surface area (Å²) in [5.74, 6) is 1.39. The standard InChI is InChI=1S/C13H15ClO2/c1-13(8-2-3-8)7-11(15)10-6-9(14)4-5-12(10)16-13/h4-6,8,11,15H,2-3,7H2,1H3/t11-,13?/m1/s1. The second-order valence-corrected chi connectivity index (χ2v) is 5.53. The van der Waals surface area contributed by atoms with Crippen LogP contribution in [0.5, 0.6) is 5.75 Å². The van der Waals surface area contributed by atoms with Crippen molar-refractivity contribution in [3.05, 3.63) is 28.8 Å². The van der Waals surface area contributed by atoms with Gasteiger partial charge in [-0.05, 0) is 43.9 Å². The Morgan fingerprint density at radius 3 is 2.88 bits per heavy atom. The topological polar surface area (TPSA) is 29.5 Å². The molecule has 16 heavy (non-hydrogen) atoms. The van der Waals surface area contributed by atoms with Crippen molar-refractivity contribution < 1.29 is 9.84 Å². The summed E-state index contributed by atoms with van der Waals surface area (Å²) in [6.45, 7) is 2.10. The van der Waals surface area contributed by atoms with Gasteiger partial charge in [-0.25, -0.2) is 0 Å². The number of ether oxygens (including phenoxy) is 1. The summed E-state index contributed by atoms with van der Waals surface area (Å²) >= 11 is 5.92. The Labute approximate surface area is 100 Å². The van der Waals surface area contributed by atoms with E-state index in [9.17, 15) is 5.11 Å². The molecule has 3 rings (SSSR count). The Morgan fingerprint density at radius 2 is 2.19 bits per heavy atom. The van der Waals surface area contributed by atoms with E-state index in [-0.39, 0.29) is 5.60 Å². The van der Waals surface area contributed by atoms with E-state index in [0.717, 1.165) is 11.3 Å². The molecular weight excluding hydrogens is 224 g/mol. The van der Waals surface area contributed by atoms with Gasteiger partial charge in [-0.15, -0.1) is 0 Å². The lowest BCUT2D eigenvalue weighted by Gasteiger charge is -2.38. The van der Waals surface area contributed by atoms with Crippen LogP contribution < -0.4 is 4.74 Å². The third-order valence-corrected chi connectivity index (χ3v) is 3.95. The first kappa shape index (κ1) is 10.4. The lowest BCUT2D eigenvalue weighted by atomic mass is 9.87. The minimum atomic E-state index is -0.451. The van der Waals surface area contributed by atoms with Gasteiger partial charge in [-0.3, -0.25) is 0 Å². The molecule has 1 unspecified atom stereocenters. The third-order valence-electron chi connectivity index (χ3n) is 3.71. The predicted molar refractivity (Wildman–Crippen MR) is 62.8 cm³/mol. The van der Waals surface area contributed by atoms with Crippen molar-refractivity contribution in [1.82, 2.24) is 0 Å². The van der Waals surface area contributed by atoms with Crippen LogP contribution in [-0.4, -0.2) is 10.7 Å². The fourth-order valence-corrected chi connectivity index (χ4v) is 2.78. The van der Waals surface area contributed by atoms with Gasteiger partial charge in [-0.1, -0.05) is 11.6 Å². The SMILES string of the molecule is CC1(C2CC2)C[C@@H](O)c2cc(Cl)ccc2O1. The lowest BCUT2D eigenvalue weighted by Crippen LogP contribution is -2.40. The van der Waals surface area contributed by atoms with Gasteiger partial charge < -0.3 is 9.84 Å². The van der Waals surface area contributed by atoms with E-state index in [1.807, 2.05) is 12.1 Å². The van der Waals surface area contributed by atoms with Crippen molar-refractivity contribution in [2.45, 2.75) is 37.9 Å². The van der Waals surface area contributed by atoms with Gasteiger partial charge in [0.1, 0.15) is 11.4 Å². The fraction of sp³-hybridized carbons (Fsp3) is 0.538. The molecule has 1 aliphatic heterocycles. The Bertz CT molecular complexity index is 428. The van der Waals surface area contributed by atoms with Crippen molar-refractivity contribution in [2.24, 2.45) is 5.92 Å². The molecule has 0 aromatic heterocycles. The quantitative estimate of drug-likeness (QED) is 0.813. The zero-order valence-corrected chi connectivity index (χ0v) is 10.00. The highest BCUT2D eigenvalue weighted by Gasteiger charge is 2.47. The first-order chi connectivity index (χ1) is 7.58. The molecule has 86 valence electrons. The smallest absolute Gasteiger partial charge is 0.126 e. The van der Waals surface area contributed by atoms with E-state index in [0.29, 0.717) is 17.4 Å². The molecule has 2 nitrogen and oxygen atoms in total. The molecule has 0 bridgehead atoms. The number of rotatable bonds is 1. The number of aliphatic hydroxyl groups excluding tert-OH is 1. The van der Waals surface area contributed by atoms with Gasteiger partial charge >= 0.3 is 0 Å². The maximum absolute atomic E-state index is 10.2. The fourth-order valence-electron chi connectivity index (χ4n) is 2.60. The molecule has 1 aromatic carbocycles. The maximum Gasteiger partial charge on any atom is 0.126 e. The number of hydrogen-bond acceptors (Lipinski definition) is 2. The molecule has 1 fully saturated rings. The summed E-state index contributed by atoms with van der Waals surface area (Å²) in [5, 5.41) is 10.8. The van der Waals surface area contributed by atoms with E-state index in [1.165, 1.54) is 12.8 Å². The Balaban J connectivity index is 1.99.